The Bertz CT molecular complexity index is 805. The first-order chi connectivity index (χ1) is 13.1. The first-order valence-corrected chi connectivity index (χ1v) is 10.6. The third-order valence-electron chi connectivity index (χ3n) is 8.42. The molecular weight excluding hydrogens is 352 g/mol. The highest BCUT2D eigenvalue weighted by Gasteiger charge is 2.67. The molecule has 4 heteroatoms. The van der Waals surface area contributed by atoms with Crippen LogP contribution in [-0.2, 0) is 14.3 Å². The SMILES string of the molecule is CC(=O)OCC(=O)[C@@]1(O)[C@H](C)C[C@H]2[C@@H]3CCC4=CCC=C[C@]4(C)C3=CC[C@@]21C. The molecule has 0 aromatic rings. The second-order valence-corrected chi connectivity index (χ2v) is 9.71. The van der Waals surface area contributed by atoms with Gasteiger partial charge in [0, 0.05) is 17.8 Å². The average molecular weight is 385 g/mol. The number of fused-ring (bicyclic) bond motifs is 5. The summed E-state index contributed by atoms with van der Waals surface area (Å²) in [5.74, 6) is -0.329. The largest absolute Gasteiger partial charge is 0.458 e. The fourth-order valence-electron chi connectivity index (χ4n) is 6.87. The molecular formula is C24H32O4. The standard InChI is InChI=1S/C24H32O4/c1-15-13-20-18-9-8-17-7-5-6-11-22(17,3)19(18)10-12-23(20,4)24(15,27)21(26)14-28-16(2)25/h6-7,10-11,15,18,20,27H,5,8-9,12-14H2,1-4H3/t15-,18-,20+,22+,23+,24+/m1/s1. The van der Waals surface area contributed by atoms with Gasteiger partial charge in [-0.25, -0.2) is 0 Å². The average Bonchev–Trinajstić information content (AvgIpc) is 2.87. The zero-order chi connectivity index (χ0) is 20.3. The summed E-state index contributed by atoms with van der Waals surface area (Å²) in [6, 6.07) is 0. The Kier molecular flexibility index (Phi) is 4.50. The van der Waals surface area contributed by atoms with Crippen LogP contribution in [0.4, 0.5) is 0 Å². The molecule has 6 atom stereocenters. The Balaban J connectivity index is 1.71. The molecule has 1 N–H and O–H groups in total. The van der Waals surface area contributed by atoms with Crippen LogP contribution in [0.3, 0.4) is 0 Å². The maximum Gasteiger partial charge on any atom is 0.303 e. The van der Waals surface area contributed by atoms with Gasteiger partial charge >= 0.3 is 5.97 Å². The van der Waals surface area contributed by atoms with Crippen molar-refractivity contribution in [1.29, 1.82) is 0 Å². The maximum atomic E-state index is 13.0. The van der Waals surface area contributed by atoms with Crippen LogP contribution in [0.25, 0.3) is 0 Å². The van der Waals surface area contributed by atoms with Gasteiger partial charge in [0.15, 0.2) is 6.61 Å². The lowest BCUT2D eigenvalue weighted by atomic mass is 9.51. The molecule has 0 radical (unpaired) electrons. The topological polar surface area (TPSA) is 63.6 Å². The number of Topliss-reactive ketones (excluding diaryl/α,β-unsaturated/α-hetero) is 1. The van der Waals surface area contributed by atoms with E-state index in [0.717, 1.165) is 25.7 Å². The van der Waals surface area contributed by atoms with Crippen LogP contribution in [0.1, 0.15) is 59.8 Å². The molecule has 0 spiro atoms. The fourth-order valence-corrected chi connectivity index (χ4v) is 6.87. The molecule has 4 rings (SSSR count). The van der Waals surface area contributed by atoms with Crippen LogP contribution < -0.4 is 0 Å². The highest BCUT2D eigenvalue weighted by molar-refractivity contribution is 5.91. The molecule has 0 amide bonds. The number of ketones is 1. The molecule has 0 aliphatic heterocycles. The molecule has 152 valence electrons. The van der Waals surface area contributed by atoms with Gasteiger partial charge in [0.25, 0.3) is 0 Å². The Morgan fingerprint density at radius 1 is 1.29 bits per heavy atom. The van der Waals surface area contributed by atoms with Crippen molar-refractivity contribution >= 4 is 11.8 Å². The summed E-state index contributed by atoms with van der Waals surface area (Å²) in [4.78, 5) is 24.2. The van der Waals surface area contributed by atoms with Gasteiger partial charge in [0.1, 0.15) is 5.60 Å². The van der Waals surface area contributed by atoms with E-state index in [0.29, 0.717) is 12.3 Å². The van der Waals surface area contributed by atoms with Crippen LogP contribution in [0.5, 0.6) is 0 Å². The third-order valence-corrected chi connectivity index (χ3v) is 8.42. The fraction of sp³-hybridized carbons (Fsp3) is 0.667. The minimum Gasteiger partial charge on any atom is -0.458 e. The molecule has 28 heavy (non-hydrogen) atoms. The van der Waals surface area contributed by atoms with Crippen molar-refractivity contribution in [3.05, 3.63) is 35.5 Å². The van der Waals surface area contributed by atoms with Crippen molar-refractivity contribution in [1.82, 2.24) is 0 Å². The summed E-state index contributed by atoms with van der Waals surface area (Å²) in [5, 5.41) is 11.7. The Morgan fingerprint density at radius 2 is 2.04 bits per heavy atom. The number of rotatable bonds is 3. The Morgan fingerprint density at radius 3 is 2.75 bits per heavy atom. The lowest BCUT2D eigenvalue weighted by molar-refractivity contribution is -0.167. The molecule has 0 aromatic carbocycles. The summed E-state index contributed by atoms with van der Waals surface area (Å²) >= 11 is 0. The summed E-state index contributed by atoms with van der Waals surface area (Å²) in [6.45, 7) is 7.33. The molecule has 0 unspecified atom stereocenters. The normalized spacial score (nSPS) is 44.0. The molecule has 4 aliphatic rings. The molecule has 2 fully saturated rings. The number of carbonyl (C=O) groups excluding carboxylic acids is 2. The van der Waals surface area contributed by atoms with E-state index < -0.39 is 17.0 Å². The minimum absolute atomic E-state index is 0.00576. The second kappa shape index (κ2) is 6.41. The van der Waals surface area contributed by atoms with Crippen molar-refractivity contribution in [2.45, 2.75) is 65.4 Å². The second-order valence-electron chi connectivity index (χ2n) is 9.71. The lowest BCUT2D eigenvalue weighted by Gasteiger charge is -2.53. The van der Waals surface area contributed by atoms with E-state index in [2.05, 4.69) is 38.2 Å². The van der Waals surface area contributed by atoms with Gasteiger partial charge in [0.2, 0.25) is 5.78 Å². The number of ether oxygens (including phenoxy) is 1. The minimum atomic E-state index is -1.45. The number of aliphatic hydroxyl groups is 1. The van der Waals surface area contributed by atoms with Crippen molar-refractivity contribution in [3.8, 4) is 0 Å². The van der Waals surface area contributed by atoms with Crippen molar-refractivity contribution in [3.63, 3.8) is 0 Å². The zero-order valence-electron chi connectivity index (χ0n) is 17.5. The number of allylic oxidation sites excluding steroid dienone is 6. The van der Waals surface area contributed by atoms with Gasteiger partial charge in [0.05, 0.1) is 0 Å². The zero-order valence-corrected chi connectivity index (χ0v) is 17.5. The number of hydrogen-bond donors (Lipinski definition) is 1. The molecule has 0 heterocycles. The van der Waals surface area contributed by atoms with Crippen molar-refractivity contribution in [2.75, 3.05) is 6.61 Å². The van der Waals surface area contributed by atoms with E-state index in [9.17, 15) is 14.7 Å². The van der Waals surface area contributed by atoms with E-state index in [1.165, 1.54) is 18.1 Å². The molecule has 0 saturated heterocycles. The van der Waals surface area contributed by atoms with Gasteiger partial charge in [-0.3, -0.25) is 9.59 Å². The highest BCUT2D eigenvalue weighted by atomic mass is 16.5. The van der Waals surface area contributed by atoms with E-state index in [1.54, 1.807) is 0 Å². The highest BCUT2D eigenvalue weighted by Crippen LogP contribution is 2.66. The molecule has 4 nitrogen and oxygen atoms in total. The summed E-state index contributed by atoms with van der Waals surface area (Å²) in [7, 11) is 0. The van der Waals surface area contributed by atoms with Crippen LogP contribution in [0.2, 0.25) is 0 Å². The number of hydrogen-bond acceptors (Lipinski definition) is 4. The lowest BCUT2D eigenvalue weighted by Crippen LogP contribution is -2.57. The van der Waals surface area contributed by atoms with Crippen LogP contribution in [-0.4, -0.2) is 29.1 Å². The summed E-state index contributed by atoms with van der Waals surface area (Å²) in [5.41, 5.74) is 1.02. The quantitative estimate of drug-likeness (QED) is 0.587. The number of carbonyl (C=O) groups is 2. The molecule has 4 aliphatic carbocycles. The van der Waals surface area contributed by atoms with E-state index in [1.807, 2.05) is 6.92 Å². The Labute approximate surface area is 167 Å². The van der Waals surface area contributed by atoms with Gasteiger partial charge in [-0.05, 0) is 56.8 Å². The predicted molar refractivity (Wildman–Crippen MR) is 107 cm³/mol. The summed E-state index contributed by atoms with van der Waals surface area (Å²) in [6.07, 6.45) is 14.0. The van der Waals surface area contributed by atoms with Gasteiger partial charge in [-0.2, -0.15) is 0 Å². The molecule has 0 bridgehead atoms. The van der Waals surface area contributed by atoms with Gasteiger partial charge in [-0.1, -0.05) is 49.3 Å². The third kappa shape index (κ3) is 2.46. The number of esters is 1. The smallest absolute Gasteiger partial charge is 0.303 e. The van der Waals surface area contributed by atoms with Gasteiger partial charge < -0.3 is 9.84 Å². The van der Waals surface area contributed by atoms with Crippen LogP contribution in [0, 0.1) is 28.6 Å². The van der Waals surface area contributed by atoms with Crippen LogP contribution in [0.15, 0.2) is 35.5 Å². The molecule has 0 aromatic heterocycles. The van der Waals surface area contributed by atoms with Gasteiger partial charge in [-0.15, -0.1) is 0 Å². The summed E-state index contributed by atoms with van der Waals surface area (Å²) < 4.78 is 4.97. The predicted octanol–water partition coefficient (Wildman–Crippen LogP) is 4.14. The monoisotopic (exact) mass is 384 g/mol. The molecule has 2 saturated carbocycles. The van der Waals surface area contributed by atoms with E-state index >= 15 is 0 Å². The Hall–Kier alpha value is -1.68. The van der Waals surface area contributed by atoms with Crippen LogP contribution >= 0.6 is 0 Å². The van der Waals surface area contributed by atoms with E-state index in [4.69, 9.17) is 4.74 Å². The first kappa shape index (κ1) is 19.6. The first-order valence-electron chi connectivity index (χ1n) is 10.6. The van der Waals surface area contributed by atoms with Crippen molar-refractivity contribution < 1.29 is 19.4 Å². The maximum absolute atomic E-state index is 13.0. The van der Waals surface area contributed by atoms with Crippen molar-refractivity contribution in [2.24, 2.45) is 28.6 Å². The van der Waals surface area contributed by atoms with E-state index in [-0.39, 0.29) is 29.6 Å².